The number of nitrogens with one attached hydrogen (secondary N) is 1. The monoisotopic (exact) mass is 413 g/mol. The number of aromatic amines is 1. The maximum atomic E-state index is 9.91. The summed E-state index contributed by atoms with van der Waals surface area (Å²) in [5, 5.41) is 18.8. The van der Waals surface area contributed by atoms with Crippen LogP contribution in [0.15, 0.2) is 36.8 Å². The molecule has 0 fully saturated rings. The van der Waals surface area contributed by atoms with Crippen LogP contribution in [0.3, 0.4) is 0 Å². The molecule has 132 valence electrons. The molecule has 0 amide bonds. The van der Waals surface area contributed by atoms with Crippen LogP contribution in [-0.2, 0) is 0 Å². The molecule has 3 heterocycles. The summed E-state index contributed by atoms with van der Waals surface area (Å²) in [4.78, 5) is 12.5. The van der Waals surface area contributed by atoms with Crippen molar-refractivity contribution in [3.8, 4) is 38.5 Å². The smallest absolute Gasteiger partial charge is 0.220 e. The first-order valence-electron chi connectivity index (χ1n) is 7.56. The van der Waals surface area contributed by atoms with Crippen LogP contribution < -0.4 is 5.73 Å². The highest BCUT2D eigenvalue weighted by molar-refractivity contribution is 7.19. The van der Waals surface area contributed by atoms with Crippen LogP contribution in [-0.4, -0.2) is 25.1 Å². The zero-order valence-electron chi connectivity index (χ0n) is 13.4. The topological polar surface area (TPSA) is 117 Å². The first-order valence-corrected chi connectivity index (χ1v) is 9.13. The van der Waals surface area contributed by atoms with Gasteiger partial charge in [-0.25, -0.2) is 9.97 Å². The van der Waals surface area contributed by atoms with E-state index < -0.39 is 0 Å². The molecule has 0 aliphatic heterocycles. The number of nitrogens with two attached hydrogens (primary N) is 1. The van der Waals surface area contributed by atoms with Crippen LogP contribution in [0.4, 0.5) is 5.95 Å². The molecule has 27 heavy (non-hydrogen) atoms. The lowest BCUT2D eigenvalue weighted by Gasteiger charge is -2.06. The van der Waals surface area contributed by atoms with Gasteiger partial charge in [-0.3, -0.25) is 0 Å². The lowest BCUT2D eigenvalue weighted by atomic mass is 9.99. The summed E-state index contributed by atoms with van der Waals surface area (Å²) in [6.07, 6.45) is 3.01. The summed E-state index contributed by atoms with van der Waals surface area (Å²) in [6, 6.07) is 9.07. The standard InChI is InChI=1S/C17H9Cl2N7S/c18-8-1-2-9(11(19)5-8)13-10(6-20)14(12-3-4-22-17(21)25-12)27-15(13)16-23-7-24-26-16/h1-5,7H,(H2,21,22,25)(H,23,24,26). The van der Waals surface area contributed by atoms with Gasteiger partial charge < -0.3 is 10.7 Å². The van der Waals surface area contributed by atoms with Crippen LogP contribution in [0.1, 0.15) is 5.56 Å². The molecule has 4 aromatic rings. The Balaban J connectivity index is 2.06. The fraction of sp³-hybridized carbons (Fsp3) is 0. The minimum Gasteiger partial charge on any atom is -0.368 e. The van der Waals surface area contributed by atoms with Crippen molar-refractivity contribution in [2.24, 2.45) is 0 Å². The number of hydrogen-bond donors (Lipinski definition) is 2. The summed E-state index contributed by atoms with van der Waals surface area (Å²) in [7, 11) is 0. The molecule has 0 radical (unpaired) electrons. The summed E-state index contributed by atoms with van der Waals surface area (Å²) in [5.41, 5.74) is 7.96. The number of anilines is 1. The molecule has 0 spiro atoms. The molecular formula is C17H9Cl2N7S. The van der Waals surface area contributed by atoms with Gasteiger partial charge in [0, 0.05) is 27.4 Å². The van der Waals surface area contributed by atoms with Crippen molar-refractivity contribution in [3.05, 3.63) is 52.4 Å². The van der Waals surface area contributed by atoms with Gasteiger partial charge in [-0.2, -0.15) is 5.26 Å². The molecule has 0 aliphatic rings. The number of rotatable bonds is 3. The number of nitrogens with zero attached hydrogens (tertiary/aromatic N) is 5. The number of halogens is 2. The van der Waals surface area contributed by atoms with E-state index in [4.69, 9.17) is 28.9 Å². The van der Waals surface area contributed by atoms with Gasteiger partial charge in [-0.15, -0.1) is 21.5 Å². The number of thiophene rings is 1. The fourth-order valence-corrected chi connectivity index (χ4v) is 4.34. The predicted octanol–water partition coefficient (Wildman–Crippen LogP) is 4.42. The van der Waals surface area contributed by atoms with Crippen LogP contribution >= 0.6 is 34.5 Å². The van der Waals surface area contributed by atoms with Crippen LogP contribution in [0.5, 0.6) is 0 Å². The first kappa shape index (κ1) is 17.4. The van der Waals surface area contributed by atoms with Crippen LogP contribution in [0.2, 0.25) is 10.0 Å². The predicted molar refractivity (Wildman–Crippen MR) is 105 cm³/mol. The van der Waals surface area contributed by atoms with E-state index >= 15 is 0 Å². The molecule has 4 rings (SSSR count). The second-order valence-electron chi connectivity index (χ2n) is 5.38. The van der Waals surface area contributed by atoms with Gasteiger partial charge in [0.2, 0.25) is 5.95 Å². The van der Waals surface area contributed by atoms with Crippen molar-refractivity contribution in [1.29, 1.82) is 5.26 Å². The van der Waals surface area contributed by atoms with E-state index in [2.05, 4.69) is 31.2 Å². The third-order valence-electron chi connectivity index (χ3n) is 3.76. The molecule has 3 N–H and O–H groups in total. The number of nitrogen functional groups attached to an aromatic ring is 1. The van der Waals surface area contributed by atoms with Crippen molar-refractivity contribution in [2.75, 3.05) is 5.73 Å². The van der Waals surface area contributed by atoms with Gasteiger partial charge in [0.25, 0.3) is 0 Å². The Labute approximate surface area is 167 Å². The van der Waals surface area contributed by atoms with Gasteiger partial charge >= 0.3 is 0 Å². The average Bonchev–Trinajstić information content (AvgIpc) is 3.29. The number of aromatic nitrogens is 5. The van der Waals surface area contributed by atoms with Gasteiger partial charge in [-0.1, -0.05) is 29.3 Å². The minimum absolute atomic E-state index is 0.122. The van der Waals surface area contributed by atoms with E-state index in [1.807, 2.05) is 0 Å². The molecule has 10 heteroatoms. The second-order valence-corrected chi connectivity index (χ2v) is 7.25. The quantitative estimate of drug-likeness (QED) is 0.513. The number of hydrogen-bond acceptors (Lipinski definition) is 7. The maximum Gasteiger partial charge on any atom is 0.220 e. The average molecular weight is 414 g/mol. The highest BCUT2D eigenvalue weighted by atomic mass is 35.5. The molecule has 0 saturated carbocycles. The number of benzene rings is 1. The van der Waals surface area contributed by atoms with Crippen molar-refractivity contribution >= 4 is 40.5 Å². The van der Waals surface area contributed by atoms with E-state index in [1.165, 1.54) is 17.7 Å². The van der Waals surface area contributed by atoms with E-state index in [9.17, 15) is 5.26 Å². The van der Waals surface area contributed by atoms with Crippen LogP contribution in [0, 0.1) is 11.3 Å². The zero-order valence-corrected chi connectivity index (χ0v) is 15.8. The molecular weight excluding hydrogens is 405 g/mol. The summed E-state index contributed by atoms with van der Waals surface area (Å²) in [6.45, 7) is 0. The number of nitriles is 1. The normalized spacial score (nSPS) is 10.7. The lowest BCUT2D eigenvalue weighted by Crippen LogP contribution is -1.95. The number of H-pyrrole nitrogens is 1. The first-order chi connectivity index (χ1) is 13.1. The minimum atomic E-state index is 0.122. The molecule has 0 unspecified atom stereocenters. The SMILES string of the molecule is N#Cc1c(-c2ccnc(N)n2)sc(-c2nnc[nH]2)c1-c1ccc(Cl)cc1Cl. The Kier molecular flexibility index (Phi) is 4.49. The Bertz CT molecular complexity index is 1180. The van der Waals surface area contributed by atoms with E-state index in [-0.39, 0.29) is 5.95 Å². The Morgan fingerprint density at radius 1 is 1.19 bits per heavy atom. The summed E-state index contributed by atoms with van der Waals surface area (Å²) < 4.78 is 0. The molecule has 0 bridgehead atoms. The highest BCUT2D eigenvalue weighted by Crippen LogP contribution is 2.47. The molecule has 7 nitrogen and oxygen atoms in total. The highest BCUT2D eigenvalue weighted by Gasteiger charge is 2.25. The van der Waals surface area contributed by atoms with Crippen molar-refractivity contribution in [1.82, 2.24) is 25.1 Å². The summed E-state index contributed by atoms with van der Waals surface area (Å²) in [5.74, 6) is 0.642. The molecule has 0 atom stereocenters. The van der Waals surface area contributed by atoms with Gasteiger partial charge in [-0.05, 0) is 18.2 Å². The maximum absolute atomic E-state index is 9.91. The molecule has 0 saturated heterocycles. The fourth-order valence-electron chi connectivity index (χ4n) is 2.65. The van der Waals surface area contributed by atoms with E-state index in [0.29, 0.717) is 48.0 Å². The molecule has 3 aromatic heterocycles. The van der Waals surface area contributed by atoms with Crippen molar-refractivity contribution in [2.45, 2.75) is 0 Å². The van der Waals surface area contributed by atoms with Crippen molar-refractivity contribution < 1.29 is 0 Å². The van der Waals surface area contributed by atoms with E-state index in [1.54, 1.807) is 30.5 Å². The Morgan fingerprint density at radius 2 is 2.04 bits per heavy atom. The largest absolute Gasteiger partial charge is 0.368 e. The third kappa shape index (κ3) is 3.13. The second kappa shape index (κ2) is 6.96. The third-order valence-corrected chi connectivity index (χ3v) is 5.53. The zero-order chi connectivity index (χ0) is 19.0. The Morgan fingerprint density at radius 3 is 2.70 bits per heavy atom. The van der Waals surface area contributed by atoms with Crippen molar-refractivity contribution in [3.63, 3.8) is 0 Å². The van der Waals surface area contributed by atoms with Crippen LogP contribution in [0.25, 0.3) is 32.4 Å². The molecule has 0 aliphatic carbocycles. The van der Waals surface area contributed by atoms with Gasteiger partial charge in [0.1, 0.15) is 12.4 Å². The molecule has 1 aromatic carbocycles. The van der Waals surface area contributed by atoms with E-state index in [0.717, 1.165) is 0 Å². The van der Waals surface area contributed by atoms with Gasteiger partial charge in [0.15, 0.2) is 5.82 Å². The summed E-state index contributed by atoms with van der Waals surface area (Å²) >= 11 is 13.8. The van der Waals surface area contributed by atoms with Gasteiger partial charge in [0.05, 0.1) is 21.0 Å². The lowest BCUT2D eigenvalue weighted by molar-refractivity contribution is 1.10. The Hall–Kier alpha value is -2.99.